The second-order valence-electron chi connectivity index (χ2n) is 6.09. The van der Waals surface area contributed by atoms with Crippen molar-refractivity contribution in [2.45, 2.75) is 39.2 Å². The van der Waals surface area contributed by atoms with Crippen molar-refractivity contribution in [3.8, 4) is 0 Å². The molecule has 3 nitrogen and oxygen atoms in total. The standard InChI is InChI=1S/C17H22N2O/c1-12-6-2-3-8-14(12)11-19-16(18)10-13-7-4-5-9-15(13)17(19)20/h4-5,7,9-10,12,14H,2-3,6,8,11,18H2,1H3. The highest BCUT2D eigenvalue weighted by molar-refractivity contribution is 5.83. The first-order valence-corrected chi connectivity index (χ1v) is 7.55. The number of hydrogen-bond acceptors (Lipinski definition) is 2. The Bertz CT molecular complexity index is 674. The molecule has 0 amide bonds. The first-order valence-electron chi connectivity index (χ1n) is 7.55. The van der Waals surface area contributed by atoms with Crippen LogP contribution in [-0.4, -0.2) is 4.57 Å². The quantitative estimate of drug-likeness (QED) is 0.909. The predicted octanol–water partition coefficient (Wildman–Crippen LogP) is 3.41. The Morgan fingerprint density at radius 1 is 1.25 bits per heavy atom. The third-order valence-electron chi connectivity index (χ3n) is 4.76. The molecule has 3 rings (SSSR count). The number of hydrogen-bond donors (Lipinski definition) is 1. The van der Waals surface area contributed by atoms with Gasteiger partial charge in [0.15, 0.2) is 0 Å². The second kappa shape index (κ2) is 5.31. The van der Waals surface area contributed by atoms with E-state index in [1.807, 2.05) is 30.3 Å². The summed E-state index contributed by atoms with van der Waals surface area (Å²) < 4.78 is 1.77. The van der Waals surface area contributed by atoms with Crippen molar-refractivity contribution in [1.82, 2.24) is 4.57 Å². The molecular formula is C17H22N2O. The number of rotatable bonds is 2. The lowest BCUT2D eigenvalue weighted by Gasteiger charge is -2.29. The molecule has 2 N–H and O–H groups in total. The van der Waals surface area contributed by atoms with Crippen LogP contribution in [0, 0.1) is 11.8 Å². The molecule has 1 aromatic heterocycles. The van der Waals surface area contributed by atoms with Crippen LogP contribution < -0.4 is 11.3 Å². The summed E-state index contributed by atoms with van der Waals surface area (Å²) in [5.74, 6) is 1.85. The Balaban J connectivity index is 2.00. The number of nitrogens with two attached hydrogens (primary N) is 1. The molecule has 2 unspecified atom stereocenters. The minimum Gasteiger partial charge on any atom is -0.385 e. The number of aromatic nitrogens is 1. The van der Waals surface area contributed by atoms with Gasteiger partial charge < -0.3 is 5.73 Å². The van der Waals surface area contributed by atoms with Gasteiger partial charge in [0.05, 0.1) is 0 Å². The Hall–Kier alpha value is -1.77. The highest BCUT2D eigenvalue weighted by Crippen LogP contribution is 2.31. The number of pyridine rings is 1. The Morgan fingerprint density at radius 2 is 2.00 bits per heavy atom. The fraction of sp³-hybridized carbons (Fsp3) is 0.471. The van der Waals surface area contributed by atoms with Crippen LogP contribution in [0.5, 0.6) is 0 Å². The van der Waals surface area contributed by atoms with E-state index in [2.05, 4.69) is 6.92 Å². The molecule has 0 saturated heterocycles. The highest BCUT2D eigenvalue weighted by atomic mass is 16.1. The van der Waals surface area contributed by atoms with Crippen molar-refractivity contribution in [1.29, 1.82) is 0 Å². The Kier molecular flexibility index (Phi) is 3.51. The van der Waals surface area contributed by atoms with E-state index < -0.39 is 0 Å². The molecule has 1 aromatic carbocycles. The average Bonchev–Trinajstić information content (AvgIpc) is 2.45. The lowest BCUT2D eigenvalue weighted by molar-refractivity contribution is 0.228. The van der Waals surface area contributed by atoms with Gasteiger partial charge in [0.1, 0.15) is 5.82 Å². The molecule has 1 aliphatic rings. The maximum atomic E-state index is 12.6. The van der Waals surface area contributed by atoms with Crippen LogP contribution in [0.3, 0.4) is 0 Å². The van der Waals surface area contributed by atoms with Crippen LogP contribution in [0.4, 0.5) is 5.82 Å². The summed E-state index contributed by atoms with van der Waals surface area (Å²) in [5, 5.41) is 1.70. The summed E-state index contributed by atoms with van der Waals surface area (Å²) in [6.45, 7) is 3.06. The number of anilines is 1. The van der Waals surface area contributed by atoms with E-state index in [1.165, 1.54) is 25.7 Å². The van der Waals surface area contributed by atoms with Crippen molar-refractivity contribution in [2.75, 3.05) is 5.73 Å². The van der Waals surface area contributed by atoms with Crippen molar-refractivity contribution in [3.63, 3.8) is 0 Å². The molecule has 0 bridgehead atoms. The van der Waals surface area contributed by atoms with Gasteiger partial charge in [0.2, 0.25) is 0 Å². The Labute approximate surface area is 119 Å². The molecule has 0 radical (unpaired) electrons. The van der Waals surface area contributed by atoms with E-state index in [-0.39, 0.29) is 5.56 Å². The topological polar surface area (TPSA) is 48.0 Å². The first-order chi connectivity index (χ1) is 9.66. The van der Waals surface area contributed by atoms with E-state index in [1.54, 1.807) is 4.57 Å². The summed E-state index contributed by atoms with van der Waals surface area (Å²) in [6, 6.07) is 9.60. The fourth-order valence-electron chi connectivity index (χ4n) is 3.40. The molecule has 2 atom stereocenters. The number of fused-ring (bicyclic) bond motifs is 1. The van der Waals surface area contributed by atoms with Gasteiger partial charge in [-0.05, 0) is 35.8 Å². The van der Waals surface area contributed by atoms with Gasteiger partial charge in [-0.1, -0.05) is 44.4 Å². The van der Waals surface area contributed by atoms with Crippen LogP contribution >= 0.6 is 0 Å². The molecule has 1 fully saturated rings. The lowest BCUT2D eigenvalue weighted by atomic mass is 9.80. The van der Waals surface area contributed by atoms with Gasteiger partial charge in [0.25, 0.3) is 5.56 Å². The molecule has 0 spiro atoms. The van der Waals surface area contributed by atoms with Crippen LogP contribution in [0.1, 0.15) is 32.6 Å². The molecule has 0 aliphatic heterocycles. The second-order valence-corrected chi connectivity index (χ2v) is 6.09. The van der Waals surface area contributed by atoms with Crippen molar-refractivity contribution >= 4 is 16.6 Å². The van der Waals surface area contributed by atoms with Gasteiger partial charge >= 0.3 is 0 Å². The van der Waals surface area contributed by atoms with Gasteiger partial charge in [-0.25, -0.2) is 0 Å². The largest absolute Gasteiger partial charge is 0.385 e. The third kappa shape index (κ3) is 2.33. The van der Waals surface area contributed by atoms with Gasteiger partial charge in [-0.3, -0.25) is 9.36 Å². The summed E-state index contributed by atoms with van der Waals surface area (Å²) in [6.07, 6.45) is 5.07. The summed E-state index contributed by atoms with van der Waals surface area (Å²) in [7, 11) is 0. The number of benzene rings is 1. The van der Waals surface area contributed by atoms with E-state index in [0.717, 1.165) is 17.3 Å². The third-order valence-corrected chi connectivity index (χ3v) is 4.76. The minimum absolute atomic E-state index is 0.0540. The summed E-state index contributed by atoms with van der Waals surface area (Å²) in [4.78, 5) is 12.6. The summed E-state index contributed by atoms with van der Waals surface area (Å²) >= 11 is 0. The summed E-state index contributed by atoms with van der Waals surface area (Å²) in [5.41, 5.74) is 6.17. The molecule has 1 aliphatic carbocycles. The maximum absolute atomic E-state index is 12.6. The highest BCUT2D eigenvalue weighted by Gasteiger charge is 2.22. The zero-order chi connectivity index (χ0) is 14.1. The average molecular weight is 270 g/mol. The van der Waals surface area contributed by atoms with E-state index in [4.69, 9.17) is 5.73 Å². The number of nitrogens with zero attached hydrogens (tertiary/aromatic N) is 1. The molecule has 2 aromatic rings. The molecule has 106 valence electrons. The minimum atomic E-state index is 0.0540. The monoisotopic (exact) mass is 270 g/mol. The van der Waals surface area contributed by atoms with E-state index in [9.17, 15) is 4.79 Å². The van der Waals surface area contributed by atoms with Gasteiger partial charge in [-0.15, -0.1) is 0 Å². The SMILES string of the molecule is CC1CCCCC1Cn1c(N)cc2ccccc2c1=O. The Morgan fingerprint density at radius 3 is 2.80 bits per heavy atom. The predicted molar refractivity (Wildman–Crippen MR) is 83.7 cm³/mol. The van der Waals surface area contributed by atoms with Crippen LogP contribution in [0.2, 0.25) is 0 Å². The fourth-order valence-corrected chi connectivity index (χ4v) is 3.40. The molecule has 3 heteroatoms. The van der Waals surface area contributed by atoms with Crippen LogP contribution in [-0.2, 0) is 6.54 Å². The van der Waals surface area contributed by atoms with Crippen molar-refractivity contribution < 1.29 is 0 Å². The normalized spacial score (nSPS) is 23.1. The van der Waals surface area contributed by atoms with E-state index >= 15 is 0 Å². The first kappa shape index (κ1) is 13.2. The molecule has 20 heavy (non-hydrogen) atoms. The van der Waals surface area contributed by atoms with Gasteiger partial charge in [0, 0.05) is 11.9 Å². The lowest BCUT2D eigenvalue weighted by Crippen LogP contribution is -2.30. The molecule has 1 heterocycles. The van der Waals surface area contributed by atoms with Crippen molar-refractivity contribution in [2.24, 2.45) is 11.8 Å². The van der Waals surface area contributed by atoms with Crippen LogP contribution in [0.15, 0.2) is 35.1 Å². The zero-order valence-corrected chi connectivity index (χ0v) is 12.0. The zero-order valence-electron chi connectivity index (χ0n) is 12.0. The molecule has 1 saturated carbocycles. The van der Waals surface area contributed by atoms with E-state index in [0.29, 0.717) is 17.7 Å². The van der Waals surface area contributed by atoms with Crippen molar-refractivity contribution in [3.05, 3.63) is 40.7 Å². The number of nitrogen functional groups attached to an aromatic ring is 1. The maximum Gasteiger partial charge on any atom is 0.259 e. The van der Waals surface area contributed by atoms with Crippen LogP contribution in [0.25, 0.3) is 10.8 Å². The van der Waals surface area contributed by atoms with Gasteiger partial charge in [-0.2, -0.15) is 0 Å². The molecular weight excluding hydrogens is 248 g/mol. The smallest absolute Gasteiger partial charge is 0.259 e.